The van der Waals surface area contributed by atoms with E-state index in [1.165, 1.54) is 5.56 Å². The summed E-state index contributed by atoms with van der Waals surface area (Å²) in [6.45, 7) is 10.5. The standard InChI is InChI=1S/C27H37Cl2N5O3S/c1-19-15-23(28)31-26(29)25(19)27(36)30-7-3-20(2)33-8-4-22(5-9-33)34(16-21-6-14-38-18-21)24(35)17-32-10-12-37-13-11-32/h6,14-15,18,20,22H,3-5,7-13,16-17H2,1-2H3,(H,30,36). The third-order valence-corrected chi connectivity index (χ3v) is 8.69. The van der Waals surface area contributed by atoms with E-state index in [1.54, 1.807) is 24.3 Å². The molecule has 2 amide bonds. The smallest absolute Gasteiger partial charge is 0.254 e. The van der Waals surface area contributed by atoms with E-state index in [9.17, 15) is 9.59 Å². The van der Waals surface area contributed by atoms with E-state index in [0.29, 0.717) is 50.0 Å². The molecular formula is C27H37Cl2N5O3S. The van der Waals surface area contributed by atoms with E-state index in [0.717, 1.165) is 45.4 Å². The first-order valence-electron chi connectivity index (χ1n) is 13.3. The number of pyridine rings is 1. The molecule has 208 valence electrons. The quantitative estimate of drug-likeness (QED) is 0.426. The number of thiophene rings is 1. The molecule has 0 bridgehead atoms. The number of rotatable bonds is 10. The monoisotopic (exact) mass is 581 g/mol. The van der Waals surface area contributed by atoms with Crippen LogP contribution in [-0.4, -0.2) is 96.1 Å². The van der Waals surface area contributed by atoms with Crippen molar-refractivity contribution in [2.45, 2.75) is 51.7 Å². The lowest BCUT2D eigenvalue weighted by Crippen LogP contribution is -2.52. The SMILES string of the molecule is Cc1cc(Cl)nc(Cl)c1C(=O)NCCC(C)N1CCC(N(Cc2ccsc2)C(=O)CN2CCOCC2)CC1. The Kier molecular flexibility index (Phi) is 10.8. The Labute approximate surface area is 239 Å². The number of carbonyl (C=O) groups excluding carboxylic acids is 2. The molecule has 11 heteroatoms. The zero-order chi connectivity index (χ0) is 27.1. The molecule has 1 N–H and O–H groups in total. The Morgan fingerprint density at radius 2 is 1.97 bits per heavy atom. The van der Waals surface area contributed by atoms with Crippen molar-refractivity contribution in [3.05, 3.63) is 49.9 Å². The summed E-state index contributed by atoms with van der Waals surface area (Å²) in [5, 5.41) is 7.58. The van der Waals surface area contributed by atoms with Gasteiger partial charge in [-0.25, -0.2) is 4.98 Å². The third-order valence-electron chi connectivity index (χ3n) is 7.50. The van der Waals surface area contributed by atoms with Crippen LogP contribution in [-0.2, 0) is 16.1 Å². The summed E-state index contributed by atoms with van der Waals surface area (Å²) in [7, 11) is 0. The zero-order valence-corrected chi connectivity index (χ0v) is 24.5. The molecule has 1 atom stereocenters. The molecule has 0 radical (unpaired) electrons. The second kappa shape index (κ2) is 14.1. The van der Waals surface area contributed by atoms with Crippen molar-refractivity contribution in [2.24, 2.45) is 0 Å². The van der Waals surface area contributed by atoms with Gasteiger partial charge in [-0.15, -0.1) is 0 Å². The van der Waals surface area contributed by atoms with Crippen LogP contribution in [0, 0.1) is 6.92 Å². The van der Waals surface area contributed by atoms with Crippen molar-refractivity contribution in [1.29, 1.82) is 0 Å². The average Bonchev–Trinajstić information content (AvgIpc) is 3.41. The molecule has 2 aromatic heterocycles. The summed E-state index contributed by atoms with van der Waals surface area (Å²) in [4.78, 5) is 36.8. The number of likely N-dealkylation sites (tertiary alicyclic amines) is 1. The molecule has 1 unspecified atom stereocenters. The predicted octanol–water partition coefficient (Wildman–Crippen LogP) is 4.09. The molecule has 8 nitrogen and oxygen atoms in total. The highest BCUT2D eigenvalue weighted by Crippen LogP contribution is 2.24. The lowest BCUT2D eigenvalue weighted by atomic mass is 10.00. The maximum atomic E-state index is 13.4. The van der Waals surface area contributed by atoms with Crippen LogP contribution < -0.4 is 5.32 Å². The third kappa shape index (κ3) is 7.90. The number of aromatic nitrogens is 1. The highest BCUT2D eigenvalue weighted by Gasteiger charge is 2.30. The number of hydrogen-bond acceptors (Lipinski definition) is 7. The van der Waals surface area contributed by atoms with Crippen molar-refractivity contribution >= 4 is 46.4 Å². The second-order valence-corrected chi connectivity index (χ2v) is 11.7. The number of carbonyl (C=O) groups is 2. The van der Waals surface area contributed by atoms with Crippen molar-refractivity contribution in [3.63, 3.8) is 0 Å². The van der Waals surface area contributed by atoms with E-state index in [2.05, 4.69) is 48.8 Å². The number of ether oxygens (including phenoxy) is 1. The Morgan fingerprint density at radius 1 is 1.24 bits per heavy atom. The molecular weight excluding hydrogens is 545 g/mol. The number of morpholine rings is 1. The Balaban J connectivity index is 1.27. The van der Waals surface area contributed by atoms with Gasteiger partial charge in [0.1, 0.15) is 10.3 Å². The number of hydrogen-bond donors (Lipinski definition) is 1. The van der Waals surface area contributed by atoms with Crippen LogP contribution in [0.4, 0.5) is 0 Å². The zero-order valence-electron chi connectivity index (χ0n) is 22.1. The van der Waals surface area contributed by atoms with Gasteiger partial charge in [-0.2, -0.15) is 11.3 Å². The largest absolute Gasteiger partial charge is 0.379 e. The fourth-order valence-corrected chi connectivity index (χ4v) is 6.49. The van der Waals surface area contributed by atoms with Crippen molar-refractivity contribution < 1.29 is 14.3 Å². The molecule has 2 saturated heterocycles. The first-order valence-corrected chi connectivity index (χ1v) is 15.0. The van der Waals surface area contributed by atoms with Gasteiger partial charge in [0.2, 0.25) is 5.91 Å². The van der Waals surface area contributed by atoms with Crippen LogP contribution >= 0.6 is 34.5 Å². The maximum Gasteiger partial charge on any atom is 0.254 e. The minimum Gasteiger partial charge on any atom is -0.379 e. The fraction of sp³-hybridized carbons (Fsp3) is 0.593. The summed E-state index contributed by atoms with van der Waals surface area (Å²) >= 11 is 13.7. The van der Waals surface area contributed by atoms with E-state index in [4.69, 9.17) is 27.9 Å². The fourth-order valence-electron chi connectivity index (χ4n) is 5.21. The van der Waals surface area contributed by atoms with E-state index in [1.807, 2.05) is 0 Å². The predicted molar refractivity (Wildman–Crippen MR) is 152 cm³/mol. The molecule has 2 aliphatic rings. The molecule has 0 spiro atoms. The summed E-state index contributed by atoms with van der Waals surface area (Å²) in [6, 6.07) is 4.29. The summed E-state index contributed by atoms with van der Waals surface area (Å²) < 4.78 is 5.45. The van der Waals surface area contributed by atoms with Crippen LogP contribution in [0.2, 0.25) is 10.3 Å². The van der Waals surface area contributed by atoms with Crippen LogP contribution in [0.1, 0.15) is 47.7 Å². The van der Waals surface area contributed by atoms with Gasteiger partial charge >= 0.3 is 0 Å². The molecule has 0 aliphatic carbocycles. The molecule has 0 aromatic carbocycles. The van der Waals surface area contributed by atoms with Crippen molar-refractivity contribution in [3.8, 4) is 0 Å². The van der Waals surface area contributed by atoms with E-state index >= 15 is 0 Å². The first-order chi connectivity index (χ1) is 18.3. The molecule has 4 rings (SSSR count). The summed E-state index contributed by atoms with van der Waals surface area (Å²) in [6.07, 6.45) is 2.71. The summed E-state index contributed by atoms with van der Waals surface area (Å²) in [5.74, 6) is -0.0246. The topological polar surface area (TPSA) is 78.0 Å². The van der Waals surface area contributed by atoms with Crippen LogP contribution in [0.3, 0.4) is 0 Å². The van der Waals surface area contributed by atoms with Crippen LogP contribution in [0.25, 0.3) is 0 Å². The highest BCUT2D eigenvalue weighted by molar-refractivity contribution is 7.07. The Morgan fingerprint density at radius 3 is 2.63 bits per heavy atom. The van der Waals surface area contributed by atoms with E-state index < -0.39 is 0 Å². The number of halogens is 2. The maximum absolute atomic E-state index is 13.4. The number of nitrogens with zero attached hydrogens (tertiary/aromatic N) is 4. The first kappa shape index (κ1) is 29.2. The number of piperidine rings is 1. The molecule has 2 aliphatic heterocycles. The molecule has 4 heterocycles. The van der Waals surface area contributed by atoms with Gasteiger partial charge in [0.25, 0.3) is 5.91 Å². The van der Waals surface area contributed by atoms with Crippen molar-refractivity contribution in [1.82, 2.24) is 25.0 Å². The van der Waals surface area contributed by atoms with Gasteiger partial charge in [-0.1, -0.05) is 23.2 Å². The van der Waals surface area contributed by atoms with Crippen LogP contribution in [0.5, 0.6) is 0 Å². The molecule has 38 heavy (non-hydrogen) atoms. The highest BCUT2D eigenvalue weighted by atomic mass is 35.5. The minimum absolute atomic E-state index is 0.123. The van der Waals surface area contributed by atoms with Crippen LogP contribution in [0.15, 0.2) is 22.9 Å². The minimum atomic E-state index is -0.231. The molecule has 0 saturated carbocycles. The Hall–Kier alpha value is -1.75. The van der Waals surface area contributed by atoms with Gasteiger partial charge in [0.05, 0.1) is 25.3 Å². The van der Waals surface area contributed by atoms with Gasteiger partial charge < -0.3 is 19.9 Å². The molecule has 2 fully saturated rings. The van der Waals surface area contributed by atoms with Gasteiger partial charge in [0.15, 0.2) is 0 Å². The van der Waals surface area contributed by atoms with E-state index in [-0.39, 0.29) is 28.2 Å². The number of nitrogens with one attached hydrogen (secondary N) is 1. The lowest BCUT2D eigenvalue weighted by Gasteiger charge is -2.41. The van der Waals surface area contributed by atoms with Gasteiger partial charge in [-0.05, 0) is 67.1 Å². The number of amides is 2. The average molecular weight is 583 g/mol. The van der Waals surface area contributed by atoms with Crippen molar-refractivity contribution in [2.75, 3.05) is 52.5 Å². The van der Waals surface area contributed by atoms with Gasteiger partial charge in [0, 0.05) is 51.4 Å². The normalized spacial score (nSPS) is 18.3. The second-order valence-electron chi connectivity index (χ2n) is 10.1. The Bertz CT molecular complexity index is 1050. The number of aryl methyl sites for hydroxylation is 1. The van der Waals surface area contributed by atoms with Gasteiger partial charge in [-0.3, -0.25) is 14.5 Å². The summed E-state index contributed by atoms with van der Waals surface area (Å²) in [5.41, 5.74) is 2.28. The molecule has 2 aromatic rings. The lowest BCUT2D eigenvalue weighted by molar-refractivity contribution is -0.137.